The lowest BCUT2D eigenvalue weighted by Crippen LogP contribution is -2.32. The largest absolute Gasteiger partial charge is 0.418 e. The van der Waals surface area contributed by atoms with Crippen molar-refractivity contribution in [2.24, 2.45) is 23.7 Å². The Bertz CT molecular complexity index is 1050. The van der Waals surface area contributed by atoms with Gasteiger partial charge in [0.25, 0.3) is 5.91 Å². The van der Waals surface area contributed by atoms with Gasteiger partial charge in [0.1, 0.15) is 0 Å². The lowest BCUT2D eigenvalue weighted by atomic mass is 9.81. The summed E-state index contributed by atoms with van der Waals surface area (Å²) < 4.78 is 39.4. The first kappa shape index (κ1) is 19.8. The van der Waals surface area contributed by atoms with Gasteiger partial charge in [-0.2, -0.15) is 13.2 Å². The molecule has 0 unspecified atom stereocenters. The third-order valence-electron chi connectivity index (χ3n) is 6.80. The molecular formula is C23H19F3N2O3. The quantitative estimate of drug-likeness (QED) is 0.733. The molecule has 5 nitrogen and oxygen atoms in total. The number of imide groups is 1. The van der Waals surface area contributed by atoms with E-state index in [1.807, 2.05) is 0 Å². The highest BCUT2D eigenvalue weighted by Gasteiger charge is 2.61. The summed E-state index contributed by atoms with van der Waals surface area (Å²) in [6, 6.07) is 10.5. The Labute approximate surface area is 176 Å². The molecule has 3 amide bonds. The molecule has 2 aromatic rings. The van der Waals surface area contributed by atoms with Gasteiger partial charge in [0.05, 0.1) is 28.8 Å². The number of rotatable bonds is 3. The van der Waals surface area contributed by atoms with E-state index in [0.717, 1.165) is 25.3 Å². The molecule has 5 rings (SSSR count). The molecule has 2 saturated carbocycles. The van der Waals surface area contributed by atoms with Crippen LogP contribution in [-0.2, 0) is 15.8 Å². The van der Waals surface area contributed by atoms with E-state index < -0.39 is 17.6 Å². The summed E-state index contributed by atoms with van der Waals surface area (Å²) in [4.78, 5) is 39.5. The first-order valence-corrected chi connectivity index (χ1v) is 10.2. The van der Waals surface area contributed by atoms with Crippen molar-refractivity contribution < 1.29 is 27.6 Å². The summed E-state index contributed by atoms with van der Waals surface area (Å²) in [5, 5.41) is 2.29. The number of anilines is 2. The van der Waals surface area contributed by atoms with Crippen LogP contribution in [0.3, 0.4) is 0 Å². The molecule has 2 aromatic carbocycles. The van der Waals surface area contributed by atoms with E-state index in [1.54, 1.807) is 0 Å². The summed E-state index contributed by atoms with van der Waals surface area (Å²) in [6.45, 7) is 0. The molecule has 3 fully saturated rings. The topological polar surface area (TPSA) is 66.5 Å². The van der Waals surface area contributed by atoms with Crippen LogP contribution in [-0.4, -0.2) is 17.7 Å². The maximum atomic E-state index is 13.1. The number of nitrogens with zero attached hydrogens (tertiary/aromatic N) is 1. The number of amides is 3. The number of halogens is 3. The number of para-hydroxylation sites is 1. The fraction of sp³-hybridized carbons (Fsp3) is 0.348. The fourth-order valence-corrected chi connectivity index (χ4v) is 5.46. The van der Waals surface area contributed by atoms with Crippen molar-refractivity contribution in [3.63, 3.8) is 0 Å². The number of alkyl halides is 3. The average molecular weight is 428 g/mol. The van der Waals surface area contributed by atoms with Gasteiger partial charge in [0.2, 0.25) is 11.8 Å². The van der Waals surface area contributed by atoms with Crippen molar-refractivity contribution >= 4 is 29.1 Å². The van der Waals surface area contributed by atoms with Crippen molar-refractivity contribution in [3.8, 4) is 0 Å². The molecule has 160 valence electrons. The Balaban J connectivity index is 1.35. The van der Waals surface area contributed by atoms with Crippen LogP contribution in [0.2, 0.25) is 0 Å². The van der Waals surface area contributed by atoms with Gasteiger partial charge in [-0.05, 0) is 67.5 Å². The van der Waals surface area contributed by atoms with E-state index in [-0.39, 0.29) is 46.7 Å². The molecule has 1 heterocycles. The summed E-state index contributed by atoms with van der Waals surface area (Å²) in [5.41, 5.74) is -0.761. The van der Waals surface area contributed by atoms with Crippen LogP contribution in [0.5, 0.6) is 0 Å². The zero-order valence-corrected chi connectivity index (χ0v) is 16.4. The van der Waals surface area contributed by atoms with Crippen molar-refractivity contribution in [2.45, 2.75) is 25.4 Å². The Morgan fingerprint density at radius 2 is 1.48 bits per heavy atom. The highest BCUT2D eigenvalue weighted by atomic mass is 19.4. The Hall–Kier alpha value is -3.16. The predicted octanol–water partition coefficient (Wildman–Crippen LogP) is 4.49. The van der Waals surface area contributed by atoms with E-state index in [4.69, 9.17) is 0 Å². The number of hydrogen-bond acceptors (Lipinski definition) is 3. The van der Waals surface area contributed by atoms with E-state index in [9.17, 15) is 27.6 Å². The molecule has 1 saturated heterocycles. The summed E-state index contributed by atoms with van der Waals surface area (Å²) in [6.07, 6.45) is -1.69. The zero-order valence-electron chi connectivity index (χ0n) is 16.4. The lowest BCUT2D eigenvalue weighted by Gasteiger charge is -2.19. The Morgan fingerprint density at radius 1 is 0.903 bits per heavy atom. The monoisotopic (exact) mass is 428 g/mol. The lowest BCUT2D eigenvalue weighted by molar-refractivity contribution is -0.137. The third-order valence-corrected chi connectivity index (χ3v) is 6.80. The summed E-state index contributed by atoms with van der Waals surface area (Å²) >= 11 is 0. The van der Waals surface area contributed by atoms with Crippen LogP contribution < -0.4 is 10.2 Å². The van der Waals surface area contributed by atoms with Crippen LogP contribution in [0, 0.1) is 23.7 Å². The van der Waals surface area contributed by atoms with Gasteiger partial charge in [-0.3, -0.25) is 19.3 Å². The molecule has 0 aromatic heterocycles. The molecule has 0 radical (unpaired) electrons. The van der Waals surface area contributed by atoms with Crippen molar-refractivity contribution in [3.05, 3.63) is 59.7 Å². The van der Waals surface area contributed by atoms with Crippen LogP contribution >= 0.6 is 0 Å². The van der Waals surface area contributed by atoms with E-state index >= 15 is 0 Å². The van der Waals surface area contributed by atoms with Crippen LogP contribution in [0.4, 0.5) is 24.5 Å². The van der Waals surface area contributed by atoms with Gasteiger partial charge in [-0.1, -0.05) is 12.1 Å². The summed E-state index contributed by atoms with van der Waals surface area (Å²) in [5.74, 6) is -1.01. The Morgan fingerprint density at radius 3 is 2.06 bits per heavy atom. The van der Waals surface area contributed by atoms with Gasteiger partial charge < -0.3 is 5.32 Å². The molecular weight excluding hydrogens is 409 g/mol. The number of carbonyl (C=O) groups excluding carboxylic acids is 3. The van der Waals surface area contributed by atoms with Crippen LogP contribution in [0.15, 0.2) is 48.5 Å². The molecule has 8 heteroatoms. The second kappa shape index (κ2) is 6.93. The van der Waals surface area contributed by atoms with Crippen LogP contribution in [0.25, 0.3) is 0 Å². The van der Waals surface area contributed by atoms with Gasteiger partial charge >= 0.3 is 6.18 Å². The minimum absolute atomic E-state index is 0.125. The molecule has 4 atom stereocenters. The number of fused-ring (bicyclic) bond motifs is 5. The number of hydrogen-bond donors (Lipinski definition) is 1. The number of benzene rings is 2. The van der Waals surface area contributed by atoms with Crippen molar-refractivity contribution in [1.29, 1.82) is 0 Å². The predicted molar refractivity (Wildman–Crippen MR) is 106 cm³/mol. The maximum absolute atomic E-state index is 13.1. The number of carbonyl (C=O) groups is 3. The smallest absolute Gasteiger partial charge is 0.321 e. The average Bonchev–Trinajstić information content (AvgIpc) is 3.41. The number of nitrogens with one attached hydrogen (secondary N) is 1. The van der Waals surface area contributed by atoms with Crippen molar-refractivity contribution in [1.82, 2.24) is 0 Å². The van der Waals surface area contributed by atoms with Gasteiger partial charge in [-0.25, -0.2) is 0 Å². The molecule has 1 N–H and O–H groups in total. The highest BCUT2D eigenvalue weighted by Crippen LogP contribution is 2.56. The minimum Gasteiger partial charge on any atom is -0.321 e. The summed E-state index contributed by atoms with van der Waals surface area (Å²) in [7, 11) is 0. The SMILES string of the molecule is O=C(Nc1ccccc1C(F)(F)F)c1ccc(N2C(=O)[C@@H]3[C@H]4CC[C@@H](C4)[C@H]3C2=O)cc1. The first-order chi connectivity index (χ1) is 14.8. The normalized spacial score (nSPS) is 27.0. The Kier molecular flexibility index (Phi) is 4.42. The first-order valence-electron chi connectivity index (χ1n) is 10.2. The van der Waals surface area contributed by atoms with Crippen LogP contribution in [0.1, 0.15) is 35.2 Å². The van der Waals surface area contributed by atoms with E-state index in [0.29, 0.717) is 5.69 Å². The molecule has 1 aliphatic heterocycles. The maximum Gasteiger partial charge on any atom is 0.418 e. The molecule has 2 bridgehead atoms. The molecule has 31 heavy (non-hydrogen) atoms. The van der Waals surface area contributed by atoms with E-state index in [2.05, 4.69) is 5.32 Å². The molecule has 2 aliphatic carbocycles. The molecule has 3 aliphatic rings. The van der Waals surface area contributed by atoms with Crippen molar-refractivity contribution in [2.75, 3.05) is 10.2 Å². The fourth-order valence-electron chi connectivity index (χ4n) is 5.46. The highest BCUT2D eigenvalue weighted by molar-refractivity contribution is 6.22. The second-order valence-corrected chi connectivity index (χ2v) is 8.44. The van der Waals surface area contributed by atoms with Gasteiger partial charge in [-0.15, -0.1) is 0 Å². The zero-order chi connectivity index (χ0) is 21.9. The van der Waals surface area contributed by atoms with E-state index in [1.165, 1.54) is 47.4 Å². The minimum atomic E-state index is -4.60. The van der Waals surface area contributed by atoms with Gasteiger partial charge in [0, 0.05) is 5.56 Å². The third kappa shape index (κ3) is 3.12. The second-order valence-electron chi connectivity index (χ2n) is 8.44. The van der Waals surface area contributed by atoms with Gasteiger partial charge in [0.15, 0.2) is 0 Å². The standard InChI is InChI=1S/C23H19F3N2O3/c24-23(25,26)16-3-1-2-4-17(16)27-20(29)12-7-9-15(10-8-12)28-21(30)18-13-5-6-14(11-13)19(18)22(28)31/h1-4,7-10,13-14,18-19H,5-6,11H2,(H,27,29)/t13-,14-,18+,19+/m0/s1. The molecule has 0 spiro atoms.